The first-order valence-electron chi connectivity index (χ1n) is 10.4. The molecule has 152 valence electrons. The van der Waals surface area contributed by atoms with Crippen molar-refractivity contribution in [3.05, 3.63) is 105 Å². The van der Waals surface area contributed by atoms with E-state index in [9.17, 15) is 0 Å². The van der Waals surface area contributed by atoms with Crippen LogP contribution >= 0.6 is 0 Å². The molecular weight excluding hydrogens is 410 g/mol. The van der Waals surface area contributed by atoms with E-state index < -0.39 is 0 Å². The molecule has 2 saturated carbocycles. The van der Waals surface area contributed by atoms with E-state index in [4.69, 9.17) is 9.97 Å². The van der Waals surface area contributed by atoms with Crippen LogP contribution in [0.2, 0.25) is 0 Å². The largest absolute Gasteiger partial charge is 2.00 e. The summed E-state index contributed by atoms with van der Waals surface area (Å²) >= 11 is 0. The number of piperidine rings is 1. The second-order valence-electron chi connectivity index (χ2n) is 7.49. The fraction of sp³-hybridized carbons (Fsp3) is 0.231. The van der Waals surface area contributed by atoms with Crippen molar-refractivity contribution in [2.24, 2.45) is 0 Å². The number of hydrogen-bond donors (Lipinski definition) is 0. The molecule has 3 fully saturated rings. The zero-order valence-corrected chi connectivity index (χ0v) is 18.4. The van der Waals surface area contributed by atoms with Gasteiger partial charge in [0.05, 0.1) is 11.4 Å². The number of aryl methyl sites for hydroxylation is 1. The molecule has 2 heterocycles. The minimum atomic E-state index is 0. The van der Waals surface area contributed by atoms with Gasteiger partial charge in [-0.1, -0.05) is 29.8 Å². The molecule has 3 aliphatic rings. The van der Waals surface area contributed by atoms with Gasteiger partial charge in [0.15, 0.2) is 0 Å². The monoisotopic (exact) mass is 437 g/mol. The smallest absolute Gasteiger partial charge is 0.341 e. The topological polar surface area (TPSA) is 29.0 Å². The zero-order chi connectivity index (χ0) is 19.9. The third-order valence-corrected chi connectivity index (χ3v) is 5.21. The Bertz CT molecular complexity index is 751. The maximum atomic E-state index is 4.88. The van der Waals surface area contributed by atoms with Gasteiger partial charge in [0.1, 0.15) is 0 Å². The Hall–Kier alpha value is -1.38. The van der Waals surface area contributed by atoms with Crippen LogP contribution in [0.1, 0.15) is 30.5 Å². The molecule has 2 aliphatic carbocycles. The maximum absolute atomic E-state index is 4.88. The number of nitrogens with zero attached hydrogens (tertiary/aromatic N) is 3. The van der Waals surface area contributed by atoms with E-state index in [2.05, 4.69) is 67.8 Å². The van der Waals surface area contributed by atoms with Gasteiger partial charge in [-0.05, 0) is 90.0 Å². The Morgan fingerprint density at radius 2 is 1.27 bits per heavy atom. The van der Waals surface area contributed by atoms with Crippen molar-refractivity contribution in [3.63, 3.8) is 0 Å². The minimum absolute atomic E-state index is 0. The Balaban J connectivity index is 0.000000376. The van der Waals surface area contributed by atoms with Crippen LogP contribution in [0.4, 0.5) is 5.95 Å². The van der Waals surface area contributed by atoms with Crippen LogP contribution in [0.3, 0.4) is 0 Å². The van der Waals surface area contributed by atoms with Gasteiger partial charge in [-0.25, -0.2) is 9.97 Å². The van der Waals surface area contributed by atoms with Gasteiger partial charge in [0.25, 0.3) is 0 Å². The number of benzene rings is 1. The van der Waals surface area contributed by atoms with Gasteiger partial charge in [0, 0.05) is 24.6 Å². The van der Waals surface area contributed by atoms with Crippen molar-refractivity contribution in [2.75, 3.05) is 18.0 Å². The van der Waals surface area contributed by atoms with Crippen LogP contribution in [0, 0.1) is 70.6 Å². The van der Waals surface area contributed by atoms with Crippen molar-refractivity contribution in [1.82, 2.24) is 9.97 Å². The molecule has 30 heavy (non-hydrogen) atoms. The molecule has 2 aromatic rings. The van der Waals surface area contributed by atoms with Crippen LogP contribution in [-0.2, 0) is 17.1 Å². The molecule has 0 bridgehead atoms. The quantitative estimate of drug-likeness (QED) is 0.617. The first kappa shape index (κ1) is 23.3. The summed E-state index contributed by atoms with van der Waals surface area (Å²) in [5, 5.41) is 0. The molecule has 0 atom stereocenters. The van der Waals surface area contributed by atoms with Crippen molar-refractivity contribution in [2.45, 2.75) is 26.2 Å². The molecule has 1 aliphatic heterocycles. The number of anilines is 1. The number of rotatable bonds is 3. The Kier molecular flexibility index (Phi) is 9.21. The molecule has 3 nitrogen and oxygen atoms in total. The Morgan fingerprint density at radius 3 is 1.87 bits per heavy atom. The third-order valence-electron chi connectivity index (χ3n) is 5.21. The van der Waals surface area contributed by atoms with Gasteiger partial charge >= 0.3 is 17.1 Å². The summed E-state index contributed by atoms with van der Waals surface area (Å²) in [6, 6.07) is 10.7. The molecule has 1 aromatic heterocycles. The summed E-state index contributed by atoms with van der Waals surface area (Å²) in [5.41, 5.74) is 4.42. The van der Waals surface area contributed by atoms with Crippen LogP contribution in [0.25, 0.3) is 11.3 Å². The van der Waals surface area contributed by atoms with Crippen LogP contribution in [0.15, 0.2) is 30.3 Å². The summed E-state index contributed by atoms with van der Waals surface area (Å²) in [6.07, 6.45) is 22.1. The number of aromatic nitrogens is 2. The molecule has 0 unspecified atom stereocenters. The summed E-state index contributed by atoms with van der Waals surface area (Å²) in [7, 11) is 0. The van der Waals surface area contributed by atoms with E-state index in [1.807, 2.05) is 32.1 Å². The molecule has 1 saturated heterocycles. The summed E-state index contributed by atoms with van der Waals surface area (Å²) in [4.78, 5) is 12.1. The standard InChI is InChI=1S/C21H22N3.C5H5.Fe/c1-16-9-11-18(12-10-16)20-15-19(17-7-3-4-8-17)22-21(23-20)24-13-5-2-6-14-24;1-2-4-5-3-1;/h3-4,7-12,15H,2,5-6,13-14H2,1H3;1-5H;/q;;+2. The Morgan fingerprint density at radius 1 is 0.700 bits per heavy atom. The van der Waals surface area contributed by atoms with E-state index in [1.165, 1.54) is 24.8 Å². The maximum Gasteiger partial charge on any atom is 2.00 e. The normalized spacial score (nSPS) is 19.2. The first-order valence-corrected chi connectivity index (χ1v) is 10.4. The first-order chi connectivity index (χ1) is 14.3. The third kappa shape index (κ3) is 6.31. The average molecular weight is 437 g/mol. The fourth-order valence-corrected chi connectivity index (χ4v) is 3.56. The van der Waals surface area contributed by atoms with Gasteiger partial charge < -0.3 is 4.90 Å². The minimum Gasteiger partial charge on any atom is -0.341 e. The average Bonchev–Trinajstić information content (AvgIpc) is 3.51. The van der Waals surface area contributed by atoms with Crippen LogP contribution < -0.4 is 4.90 Å². The number of hydrogen-bond acceptors (Lipinski definition) is 3. The molecule has 0 N–H and O–H groups in total. The van der Waals surface area contributed by atoms with Crippen LogP contribution in [0.5, 0.6) is 0 Å². The molecule has 4 heteroatoms. The molecule has 0 spiro atoms. The van der Waals surface area contributed by atoms with Gasteiger partial charge in [-0.3, -0.25) is 0 Å². The van der Waals surface area contributed by atoms with Gasteiger partial charge in [0.2, 0.25) is 5.95 Å². The van der Waals surface area contributed by atoms with Gasteiger partial charge in [-0.2, -0.15) is 0 Å². The van der Waals surface area contributed by atoms with E-state index in [0.29, 0.717) is 0 Å². The fourth-order valence-electron chi connectivity index (χ4n) is 3.56. The van der Waals surface area contributed by atoms with Crippen molar-refractivity contribution >= 4 is 5.95 Å². The predicted octanol–water partition coefficient (Wildman–Crippen LogP) is 5.21. The van der Waals surface area contributed by atoms with Crippen molar-refractivity contribution in [3.8, 4) is 11.3 Å². The second kappa shape index (κ2) is 11.9. The SMILES string of the molecule is Cc1ccc(-c2cc([C]3[CH][CH][CH][CH]3)nc(N3CCCCC3)n2)cc1.[CH]1[CH][CH][CH][CH]1.[Fe+2]. The molecule has 1 aromatic carbocycles. The van der Waals surface area contributed by atoms with E-state index >= 15 is 0 Å². The summed E-state index contributed by atoms with van der Waals surface area (Å²) in [5.74, 6) is 2.02. The summed E-state index contributed by atoms with van der Waals surface area (Å²) < 4.78 is 0. The molecule has 10 radical (unpaired) electrons. The molecule has 0 amide bonds. The van der Waals surface area contributed by atoms with E-state index in [-0.39, 0.29) is 17.1 Å². The van der Waals surface area contributed by atoms with E-state index in [0.717, 1.165) is 41.9 Å². The second-order valence-corrected chi connectivity index (χ2v) is 7.49. The summed E-state index contributed by atoms with van der Waals surface area (Å²) in [6.45, 7) is 4.22. The Labute approximate surface area is 193 Å². The zero-order valence-electron chi connectivity index (χ0n) is 17.3. The van der Waals surface area contributed by atoms with Crippen molar-refractivity contribution < 1.29 is 17.1 Å². The predicted molar refractivity (Wildman–Crippen MR) is 119 cm³/mol. The molecular formula is C26H27FeN3+2. The van der Waals surface area contributed by atoms with Crippen molar-refractivity contribution in [1.29, 1.82) is 0 Å². The van der Waals surface area contributed by atoms with Gasteiger partial charge in [-0.15, -0.1) is 0 Å². The van der Waals surface area contributed by atoms with E-state index in [1.54, 1.807) is 0 Å². The molecule has 5 rings (SSSR count). The van der Waals surface area contributed by atoms with Crippen LogP contribution in [-0.4, -0.2) is 23.1 Å².